The Labute approximate surface area is 170 Å². The third-order valence-corrected chi connectivity index (χ3v) is 4.99. The summed E-state index contributed by atoms with van der Waals surface area (Å²) < 4.78 is 2.74. The van der Waals surface area contributed by atoms with Crippen LogP contribution in [0, 0.1) is 0 Å². The molecule has 142 valence electrons. The van der Waals surface area contributed by atoms with E-state index >= 15 is 0 Å². The van der Waals surface area contributed by atoms with Crippen LogP contribution < -0.4 is 10.6 Å². The molecule has 7 nitrogen and oxygen atoms in total. The summed E-state index contributed by atoms with van der Waals surface area (Å²) in [4.78, 5) is 21.3. The highest BCUT2D eigenvalue weighted by Crippen LogP contribution is 2.23. The van der Waals surface area contributed by atoms with Gasteiger partial charge in [-0.2, -0.15) is 5.10 Å². The number of benzene rings is 1. The maximum Gasteiger partial charge on any atom is 0.251 e. The predicted molar refractivity (Wildman–Crippen MR) is 112 cm³/mol. The number of carbonyl (C=O) groups is 1. The van der Waals surface area contributed by atoms with Crippen molar-refractivity contribution in [3.8, 4) is 0 Å². The van der Waals surface area contributed by atoms with E-state index in [9.17, 15) is 4.79 Å². The summed E-state index contributed by atoms with van der Waals surface area (Å²) in [6.45, 7) is 3.94. The molecule has 0 unspecified atom stereocenters. The van der Waals surface area contributed by atoms with Crippen molar-refractivity contribution >= 4 is 50.5 Å². The molecule has 0 aliphatic carbocycles. The maximum atomic E-state index is 12.2. The molecule has 27 heavy (non-hydrogen) atoms. The molecule has 2 heterocycles. The van der Waals surface area contributed by atoms with Crippen molar-refractivity contribution in [3.05, 3.63) is 40.5 Å². The van der Waals surface area contributed by atoms with Gasteiger partial charge in [0.15, 0.2) is 10.8 Å². The van der Waals surface area contributed by atoms with Crippen LogP contribution in [0.3, 0.4) is 0 Å². The lowest BCUT2D eigenvalue weighted by atomic mass is 10.2. The lowest BCUT2D eigenvalue weighted by molar-refractivity contribution is 0.0952. The van der Waals surface area contributed by atoms with E-state index in [-0.39, 0.29) is 5.91 Å². The molecule has 2 N–H and O–H groups in total. The van der Waals surface area contributed by atoms with Crippen LogP contribution in [0.15, 0.2) is 40.1 Å². The molecule has 0 saturated carbocycles. The summed E-state index contributed by atoms with van der Waals surface area (Å²) in [7, 11) is 0. The minimum absolute atomic E-state index is 0.108. The van der Waals surface area contributed by atoms with Gasteiger partial charge in [0.1, 0.15) is 5.82 Å². The van der Waals surface area contributed by atoms with E-state index in [2.05, 4.69) is 48.6 Å². The van der Waals surface area contributed by atoms with Gasteiger partial charge in [-0.3, -0.25) is 4.79 Å². The fourth-order valence-electron chi connectivity index (χ4n) is 2.55. The number of anilines is 1. The number of hydrogen-bond donors (Lipinski definition) is 2. The average molecular weight is 449 g/mol. The number of nitrogens with one attached hydrogen (secondary N) is 2. The van der Waals surface area contributed by atoms with Crippen LogP contribution >= 0.6 is 27.7 Å². The summed E-state index contributed by atoms with van der Waals surface area (Å²) in [6.07, 6.45) is 4.73. The molecular formula is C18H21BrN6OS. The number of fused-ring (bicyclic) bond motifs is 1. The van der Waals surface area contributed by atoms with Crippen molar-refractivity contribution < 1.29 is 4.79 Å². The Morgan fingerprint density at radius 3 is 2.70 bits per heavy atom. The maximum absolute atomic E-state index is 12.2. The van der Waals surface area contributed by atoms with E-state index in [0.717, 1.165) is 34.3 Å². The Morgan fingerprint density at radius 2 is 2.00 bits per heavy atom. The molecule has 1 aromatic carbocycles. The number of nitrogens with zero attached hydrogens (tertiary/aromatic N) is 4. The summed E-state index contributed by atoms with van der Waals surface area (Å²) in [5.41, 5.74) is 1.40. The second-order valence-corrected chi connectivity index (χ2v) is 7.54. The normalized spacial score (nSPS) is 10.9. The van der Waals surface area contributed by atoms with E-state index < -0.39 is 0 Å². The van der Waals surface area contributed by atoms with Crippen molar-refractivity contribution in [1.29, 1.82) is 0 Å². The van der Waals surface area contributed by atoms with Crippen molar-refractivity contribution in [1.82, 2.24) is 25.1 Å². The number of amides is 1. The van der Waals surface area contributed by atoms with Gasteiger partial charge in [0.2, 0.25) is 0 Å². The topological polar surface area (TPSA) is 84.7 Å². The van der Waals surface area contributed by atoms with Gasteiger partial charge in [-0.05, 0) is 36.9 Å². The highest BCUT2D eigenvalue weighted by Gasteiger charge is 2.13. The molecule has 0 aliphatic heterocycles. The van der Waals surface area contributed by atoms with Gasteiger partial charge in [0.25, 0.3) is 5.91 Å². The van der Waals surface area contributed by atoms with Crippen LogP contribution in [0.1, 0.15) is 23.7 Å². The standard InChI is InChI=1S/C18H21BrN6OS/c1-3-8-20-15-14-11-22-25(16(14)24-18(23-15)27-2)10-9-21-17(26)12-4-6-13(19)7-5-12/h4-7,11H,3,8-10H2,1-2H3,(H,21,26)(H,20,23,24). The lowest BCUT2D eigenvalue weighted by Gasteiger charge is -2.09. The van der Waals surface area contributed by atoms with Crippen molar-refractivity contribution in [2.45, 2.75) is 25.0 Å². The Hall–Kier alpha value is -2.13. The van der Waals surface area contributed by atoms with Gasteiger partial charge in [-0.25, -0.2) is 14.6 Å². The smallest absolute Gasteiger partial charge is 0.251 e. The van der Waals surface area contributed by atoms with Crippen molar-refractivity contribution in [2.75, 3.05) is 24.7 Å². The minimum Gasteiger partial charge on any atom is -0.369 e. The van der Waals surface area contributed by atoms with Gasteiger partial charge < -0.3 is 10.6 Å². The second kappa shape index (κ2) is 9.18. The largest absolute Gasteiger partial charge is 0.369 e. The summed E-state index contributed by atoms with van der Waals surface area (Å²) in [6, 6.07) is 7.27. The lowest BCUT2D eigenvalue weighted by Crippen LogP contribution is -2.27. The zero-order valence-electron chi connectivity index (χ0n) is 15.2. The van der Waals surface area contributed by atoms with Crippen LogP contribution in [0.5, 0.6) is 0 Å². The number of aromatic nitrogens is 4. The summed E-state index contributed by atoms with van der Waals surface area (Å²) in [5, 5.41) is 12.3. The molecule has 0 aliphatic rings. The molecule has 3 aromatic rings. The SMILES string of the molecule is CCCNc1nc(SC)nc2c1cnn2CCNC(=O)c1ccc(Br)cc1. The first-order valence-corrected chi connectivity index (χ1v) is 10.7. The Balaban J connectivity index is 1.71. The predicted octanol–water partition coefficient (Wildman–Crippen LogP) is 3.56. The first kappa shape index (κ1) is 19.6. The number of carbonyl (C=O) groups excluding carboxylic acids is 1. The van der Waals surface area contributed by atoms with Crippen LogP contribution in [0.4, 0.5) is 5.82 Å². The molecule has 3 rings (SSSR count). The number of hydrogen-bond acceptors (Lipinski definition) is 6. The van der Waals surface area contributed by atoms with Gasteiger partial charge >= 0.3 is 0 Å². The summed E-state index contributed by atoms with van der Waals surface area (Å²) in [5.74, 6) is 0.694. The van der Waals surface area contributed by atoms with Crippen LogP contribution in [0.2, 0.25) is 0 Å². The second-order valence-electron chi connectivity index (χ2n) is 5.85. The Morgan fingerprint density at radius 1 is 1.22 bits per heavy atom. The third kappa shape index (κ3) is 4.78. The monoisotopic (exact) mass is 448 g/mol. The average Bonchev–Trinajstić information content (AvgIpc) is 3.09. The van der Waals surface area contributed by atoms with E-state index in [1.807, 2.05) is 18.4 Å². The Bertz CT molecular complexity index is 927. The quantitative estimate of drug-likeness (QED) is 0.404. The van der Waals surface area contributed by atoms with Gasteiger partial charge in [-0.1, -0.05) is 34.6 Å². The molecular weight excluding hydrogens is 428 g/mol. The van der Waals surface area contributed by atoms with E-state index in [1.165, 1.54) is 11.8 Å². The van der Waals surface area contributed by atoms with E-state index in [0.29, 0.717) is 23.8 Å². The first-order chi connectivity index (χ1) is 13.1. The zero-order valence-corrected chi connectivity index (χ0v) is 17.6. The molecule has 0 fully saturated rings. The van der Waals surface area contributed by atoms with E-state index in [1.54, 1.807) is 23.0 Å². The number of halogens is 1. The minimum atomic E-state index is -0.108. The van der Waals surface area contributed by atoms with Crippen LogP contribution in [0.25, 0.3) is 11.0 Å². The number of thioether (sulfide) groups is 1. The number of rotatable bonds is 8. The first-order valence-electron chi connectivity index (χ1n) is 8.67. The van der Waals surface area contributed by atoms with Crippen molar-refractivity contribution in [3.63, 3.8) is 0 Å². The molecule has 0 bridgehead atoms. The molecule has 1 amide bonds. The van der Waals surface area contributed by atoms with Gasteiger partial charge in [0.05, 0.1) is 18.1 Å². The molecule has 2 aromatic heterocycles. The highest BCUT2D eigenvalue weighted by molar-refractivity contribution is 9.10. The zero-order chi connectivity index (χ0) is 19.2. The van der Waals surface area contributed by atoms with Crippen LogP contribution in [-0.4, -0.2) is 45.0 Å². The fourth-order valence-corrected chi connectivity index (χ4v) is 3.17. The molecule has 0 atom stereocenters. The van der Waals surface area contributed by atoms with Gasteiger partial charge in [-0.15, -0.1) is 0 Å². The third-order valence-electron chi connectivity index (χ3n) is 3.92. The molecule has 0 spiro atoms. The van der Waals surface area contributed by atoms with Gasteiger partial charge in [0, 0.05) is 23.1 Å². The van der Waals surface area contributed by atoms with Crippen LogP contribution in [-0.2, 0) is 6.54 Å². The molecule has 9 heteroatoms. The van der Waals surface area contributed by atoms with Crippen molar-refractivity contribution in [2.24, 2.45) is 0 Å². The van der Waals surface area contributed by atoms with E-state index in [4.69, 9.17) is 0 Å². The summed E-state index contributed by atoms with van der Waals surface area (Å²) >= 11 is 4.86. The molecule has 0 saturated heterocycles. The highest BCUT2D eigenvalue weighted by atomic mass is 79.9. The molecule has 0 radical (unpaired) electrons. The Kier molecular flexibility index (Phi) is 6.68. The fraction of sp³-hybridized carbons (Fsp3) is 0.333.